The Balaban J connectivity index is 2.11. The van der Waals surface area contributed by atoms with Crippen LogP contribution < -0.4 is 4.74 Å². The molecular weight excluding hydrogens is 298 g/mol. The highest BCUT2D eigenvalue weighted by Gasteiger charge is 2.20. The van der Waals surface area contributed by atoms with Crippen molar-refractivity contribution in [1.29, 1.82) is 0 Å². The number of aliphatic carboxylic acids is 1. The van der Waals surface area contributed by atoms with Gasteiger partial charge in [0.2, 0.25) is 0 Å². The third-order valence-electron chi connectivity index (χ3n) is 3.51. The number of amides is 1. The summed E-state index contributed by atoms with van der Waals surface area (Å²) >= 11 is 0. The van der Waals surface area contributed by atoms with Crippen LogP contribution >= 0.6 is 0 Å². The molecule has 0 aliphatic heterocycles. The Labute approximate surface area is 133 Å². The molecule has 7 nitrogen and oxygen atoms in total. The van der Waals surface area contributed by atoms with Gasteiger partial charge >= 0.3 is 5.97 Å². The van der Waals surface area contributed by atoms with Gasteiger partial charge in [-0.3, -0.25) is 14.7 Å². The van der Waals surface area contributed by atoms with Gasteiger partial charge in [-0.15, -0.1) is 0 Å². The number of aromatic amines is 1. The number of hydrogen-bond donors (Lipinski definition) is 2. The second kappa shape index (κ2) is 6.95. The zero-order chi connectivity index (χ0) is 17.0. The third kappa shape index (κ3) is 3.88. The van der Waals surface area contributed by atoms with Crippen molar-refractivity contribution >= 4 is 11.9 Å². The van der Waals surface area contributed by atoms with E-state index in [4.69, 9.17) is 9.84 Å². The molecule has 0 spiro atoms. The molecular formula is C16H19N3O4. The van der Waals surface area contributed by atoms with Crippen molar-refractivity contribution in [2.24, 2.45) is 5.92 Å². The highest BCUT2D eigenvalue weighted by atomic mass is 16.5. The largest absolute Gasteiger partial charge is 0.497 e. The molecule has 0 saturated heterocycles. The molecule has 1 aromatic carbocycles. The first kappa shape index (κ1) is 16.5. The summed E-state index contributed by atoms with van der Waals surface area (Å²) in [6.45, 7) is 1.69. The Bertz CT molecular complexity index is 694. The first-order chi connectivity index (χ1) is 10.9. The van der Waals surface area contributed by atoms with Crippen molar-refractivity contribution in [1.82, 2.24) is 15.1 Å². The van der Waals surface area contributed by atoms with Crippen LogP contribution in [-0.2, 0) is 4.79 Å². The van der Waals surface area contributed by atoms with E-state index >= 15 is 0 Å². The van der Waals surface area contributed by atoms with Gasteiger partial charge in [0.1, 0.15) is 11.4 Å². The molecule has 1 unspecified atom stereocenters. The number of carbonyl (C=O) groups is 2. The average molecular weight is 317 g/mol. The predicted molar refractivity (Wildman–Crippen MR) is 84.3 cm³/mol. The number of hydrogen-bond acceptors (Lipinski definition) is 4. The van der Waals surface area contributed by atoms with Crippen LogP contribution in [0.4, 0.5) is 0 Å². The normalized spacial score (nSPS) is 11.8. The minimum Gasteiger partial charge on any atom is -0.497 e. The van der Waals surface area contributed by atoms with Gasteiger partial charge in [-0.25, -0.2) is 0 Å². The van der Waals surface area contributed by atoms with Crippen molar-refractivity contribution in [3.63, 3.8) is 0 Å². The molecule has 1 amide bonds. The van der Waals surface area contributed by atoms with Crippen LogP contribution in [0.15, 0.2) is 30.3 Å². The van der Waals surface area contributed by atoms with Crippen LogP contribution in [0.25, 0.3) is 11.3 Å². The van der Waals surface area contributed by atoms with Crippen molar-refractivity contribution in [2.75, 3.05) is 20.7 Å². The maximum absolute atomic E-state index is 12.3. The quantitative estimate of drug-likeness (QED) is 0.848. The Morgan fingerprint density at radius 1 is 1.35 bits per heavy atom. The number of aromatic nitrogens is 2. The van der Waals surface area contributed by atoms with E-state index in [2.05, 4.69) is 10.2 Å². The zero-order valence-corrected chi connectivity index (χ0v) is 13.2. The minimum atomic E-state index is -0.937. The molecule has 0 aliphatic carbocycles. The smallest absolute Gasteiger partial charge is 0.308 e. The highest BCUT2D eigenvalue weighted by Crippen LogP contribution is 2.21. The first-order valence-electron chi connectivity index (χ1n) is 7.10. The van der Waals surface area contributed by atoms with E-state index in [1.807, 2.05) is 24.3 Å². The molecule has 1 atom stereocenters. The Kier molecular flexibility index (Phi) is 5.00. The highest BCUT2D eigenvalue weighted by molar-refractivity contribution is 5.93. The molecule has 0 bridgehead atoms. The number of benzene rings is 1. The van der Waals surface area contributed by atoms with Crippen LogP contribution in [0.3, 0.4) is 0 Å². The molecule has 7 heteroatoms. The van der Waals surface area contributed by atoms with E-state index in [-0.39, 0.29) is 12.5 Å². The zero-order valence-electron chi connectivity index (χ0n) is 13.2. The molecule has 122 valence electrons. The molecule has 0 fully saturated rings. The average Bonchev–Trinajstić information content (AvgIpc) is 3.03. The van der Waals surface area contributed by atoms with Gasteiger partial charge in [-0.1, -0.05) is 6.92 Å². The summed E-state index contributed by atoms with van der Waals surface area (Å²) in [5.41, 5.74) is 1.80. The predicted octanol–water partition coefficient (Wildman–Crippen LogP) is 1.88. The summed E-state index contributed by atoms with van der Waals surface area (Å²) in [4.78, 5) is 24.5. The van der Waals surface area contributed by atoms with E-state index in [0.29, 0.717) is 11.4 Å². The lowest BCUT2D eigenvalue weighted by Gasteiger charge is -2.18. The SMILES string of the molecule is COc1ccc(-c2cc(C(=O)N(C)CC(C)C(=O)O)[nH]n2)cc1. The molecule has 0 saturated carbocycles. The second-order valence-corrected chi connectivity index (χ2v) is 5.32. The fraction of sp³-hybridized carbons (Fsp3) is 0.312. The second-order valence-electron chi connectivity index (χ2n) is 5.32. The third-order valence-corrected chi connectivity index (χ3v) is 3.51. The summed E-state index contributed by atoms with van der Waals surface area (Å²) in [7, 11) is 3.16. The fourth-order valence-corrected chi connectivity index (χ4v) is 2.12. The first-order valence-corrected chi connectivity index (χ1v) is 7.10. The van der Waals surface area contributed by atoms with Gasteiger partial charge in [0, 0.05) is 19.2 Å². The lowest BCUT2D eigenvalue weighted by Crippen LogP contribution is -2.33. The molecule has 1 aromatic heterocycles. The maximum atomic E-state index is 12.3. The van der Waals surface area contributed by atoms with E-state index in [0.717, 1.165) is 11.3 Å². The van der Waals surface area contributed by atoms with E-state index in [1.165, 1.54) is 4.90 Å². The molecule has 2 rings (SSSR count). The molecule has 2 aromatic rings. The Morgan fingerprint density at radius 3 is 2.57 bits per heavy atom. The fourth-order valence-electron chi connectivity index (χ4n) is 2.12. The number of ether oxygens (including phenoxy) is 1. The number of carbonyl (C=O) groups excluding carboxylic acids is 1. The molecule has 1 heterocycles. The lowest BCUT2D eigenvalue weighted by molar-refractivity contribution is -0.141. The van der Waals surface area contributed by atoms with Gasteiger partial charge in [0.25, 0.3) is 5.91 Å². The van der Waals surface area contributed by atoms with E-state index in [1.54, 1.807) is 27.1 Å². The molecule has 2 N–H and O–H groups in total. The van der Waals surface area contributed by atoms with Gasteiger partial charge in [-0.2, -0.15) is 5.10 Å². The number of carboxylic acids is 1. The van der Waals surface area contributed by atoms with Crippen molar-refractivity contribution < 1.29 is 19.4 Å². The molecule has 0 radical (unpaired) electrons. The molecule has 0 aliphatic rings. The van der Waals surface area contributed by atoms with Crippen LogP contribution in [0.2, 0.25) is 0 Å². The van der Waals surface area contributed by atoms with Gasteiger partial charge in [0.05, 0.1) is 18.7 Å². The van der Waals surface area contributed by atoms with Crippen LogP contribution in [0.1, 0.15) is 17.4 Å². The van der Waals surface area contributed by atoms with Crippen molar-refractivity contribution in [3.8, 4) is 17.0 Å². The number of methoxy groups -OCH3 is 1. The van der Waals surface area contributed by atoms with E-state index in [9.17, 15) is 9.59 Å². The maximum Gasteiger partial charge on any atom is 0.308 e. The number of nitrogens with one attached hydrogen (secondary N) is 1. The number of rotatable bonds is 6. The van der Waals surface area contributed by atoms with Crippen LogP contribution in [0, 0.1) is 5.92 Å². The standard InChI is InChI=1S/C16H19N3O4/c1-10(16(21)22)9-19(2)15(20)14-8-13(17-18-14)11-4-6-12(23-3)7-5-11/h4-8,10H,9H2,1-3H3,(H,17,18)(H,21,22). The van der Waals surface area contributed by atoms with Crippen LogP contribution in [0.5, 0.6) is 5.75 Å². The number of H-pyrrole nitrogens is 1. The van der Waals surface area contributed by atoms with Crippen molar-refractivity contribution in [2.45, 2.75) is 6.92 Å². The monoisotopic (exact) mass is 317 g/mol. The van der Waals surface area contributed by atoms with Crippen molar-refractivity contribution in [3.05, 3.63) is 36.0 Å². The minimum absolute atomic E-state index is 0.130. The summed E-state index contributed by atoms with van der Waals surface area (Å²) in [6.07, 6.45) is 0. The summed E-state index contributed by atoms with van der Waals surface area (Å²) in [5, 5.41) is 15.7. The number of carboxylic acid groups (broad SMARTS) is 1. The molecule has 23 heavy (non-hydrogen) atoms. The van der Waals surface area contributed by atoms with Gasteiger partial charge < -0.3 is 14.7 Å². The van der Waals surface area contributed by atoms with Gasteiger partial charge in [0.15, 0.2) is 0 Å². The number of nitrogens with zero attached hydrogens (tertiary/aromatic N) is 2. The summed E-state index contributed by atoms with van der Waals surface area (Å²) in [5.74, 6) is -1.13. The summed E-state index contributed by atoms with van der Waals surface area (Å²) < 4.78 is 5.10. The topological polar surface area (TPSA) is 95.5 Å². The Morgan fingerprint density at radius 2 is 2.00 bits per heavy atom. The van der Waals surface area contributed by atoms with Gasteiger partial charge in [-0.05, 0) is 30.3 Å². The Hall–Kier alpha value is -2.83. The van der Waals surface area contributed by atoms with Crippen LogP contribution in [-0.4, -0.2) is 52.8 Å². The van der Waals surface area contributed by atoms with E-state index < -0.39 is 11.9 Å². The lowest BCUT2D eigenvalue weighted by atomic mass is 10.1. The summed E-state index contributed by atoms with van der Waals surface area (Å²) in [6, 6.07) is 8.96.